The van der Waals surface area contributed by atoms with Gasteiger partial charge in [0.1, 0.15) is 0 Å². The molecule has 18 heavy (non-hydrogen) atoms. The SMILES string of the molecule is CCOC1CCCN(C(=O)c2ccc(C)cc2)C1. The predicted molar refractivity (Wildman–Crippen MR) is 71.7 cm³/mol. The molecule has 3 nitrogen and oxygen atoms in total. The van der Waals surface area contributed by atoms with Gasteiger partial charge in [0, 0.05) is 25.3 Å². The first-order chi connectivity index (χ1) is 8.70. The van der Waals surface area contributed by atoms with Crippen molar-refractivity contribution in [2.45, 2.75) is 32.8 Å². The van der Waals surface area contributed by atoms with E-state index in [4.69, 9.17) is 4.74 Å². The molecule has 1 saturated heterocycles. The summed E-state index contributed by atoms with van der Waals surface area (Å²) < 4.78 is 5.62. The van der Waals surface area contributed by atoms with Gasteiger partial charge in [-0.25, -0.2) is 0 Å². The van der Waals surface area contributed by atoms with Gasteiger partial charge in [-0.3, -0.25) is 4.79 Å². The number of hydrogen-bond donors (Lipinski definition) is 0. The minimum absolute atomic E-state index is 0.124. The second kappa shape index (κ2) is 6.01. The number of benzene rings is 1. The zero-order chi connectivity index (χ0) is 13.0. The van der Waals surface area contributed by atoms with Crippen LogP contribution < -0.4 is 0 Å². The number of hydrogen-bond acceptors (Lipinski definition) is 2. The average Bonchev–Trinajstić information content (AvgIpc) is 2.39. The molecule has 1 fully saturated rings. The largest absolute Gasteiger partial charge is 0.377 e. The zero-order valence-corrected chi connectivity index (χ0v) is 11.2. The summed E-state index contributed by atoms with van der Waals surface area (Å²) in [6.07, 6.45) is 2.30. The third-order valence-electron chi connectivity index (χ3n) is 3.37. The molecule has 0 N–H and O–H groups in total. The summed E-state index contributed by atoms with van der Waals surface area (Å²) in [5, 5.41) is 0. The van der Waals surface area contributed by atoms with E-state index >= 15 is 0 Å². The van der Waals surface area contributed by atoms with Crippen LogP contribution in [0.5, 0.6) is 0 Å². The molecular weight excluding hydrogens is 226 g/mol. The van der Waals surface area contributed by atoms with Crippen LogP contribution in [0.2, 0.25) is 0 Å². The van der Waals surface area contributed by atoms with Crippen molar-refractivity contribution in [3.05, 3.63) is 35.4 Å². The summed E-state index contributed by atoms with van der Waals surface area (Å²) in [4.78, 5) is 14.2. The van der Waals surface area contributed by atoms with E-state index in [2.05, 4.69) is 0 Å². The maximum absolute atomic E-state index is 12.3. The Morgan fingerprint density at radius 1 is 1.39 bits per heavy atom. The number of aryl methyl sites for hydroxylation is 1. The van der Waals surface area contributed by atoms with Crippen LogP contribution >= 0.6 is 0 Å². The fourth-order valence-corrected chi connectivity index (χ4v) is 2.37. The van der Waals surface area contributed by atoms with Crippen molar-refractivity contribution in [1.29, 1.82) is 0 Å². The maximum Gasteiger partial charge on any atom is 0.253 e. The molecule has 0 saturated carbocycles. The molecule has 0 aromatic heterocycles. The van der Waals surface area contributed by atoms with Gasteiger partial charge in [-0.05, 0) is 38.8 Å². The normalized spacial score (nSPS) is 19.9. The summed E-state index contributed by atoms with van der Waals surface area (Å²) >= 11 is 0. The lowest BCUT2D eigenvalue weighted by atomic mass is 10.1. The molecule has 0 aliphatic carbocycles. The van der Waals surface area contributed by atoms with Crippen molar-refractivity contribution in [2.75, 3.05) is 19.7 Å². The lowest BCUT2D eigenvalue weighted by molar-refractivity contribution is 0.00724. The summed E-state index contributed by atoms with van der Waals surface area (Å²) in [7, 11) is 0. The average molecular weight is 247 g/mol. The lowest BCUT2D eigenvalue weighted by Crippen LogP contribution is -2.43. The number of carbonyl (C=O) groups is 1. The van der Waals surface area contributed by atoms with Crippen LogP contribution in [-0.2, 0) is 4.74 Å². The van der Waals surface area contributed by atoms with Crippen molar-refractivity contribution in [3.8, 4) is 0 Å². The molecule has 3 heteroatoms. The fourth-order valence-electron chi connectivity index (χ4n) is 2.37. The number of carbonyl (C=O) groups excluding carboxylic acids is 1. The second-order valence-corrected chi connectivity index (χ2v) is 4.84. The van der Waals surface area contributed by atoms with Crippen LogP contribution in [0.4, 0.5) is 0 Å². The topological polar surface area (TPSA) is 29.5 Å². The van der Waals surface area contributed by atoms with Gasteiger partial charge in [0.15, 0.2) is 0 Å². The number of rotatable bonds is 3. The molecule has 1 heterocycles. The molecule has 1 aliphatic rings. The van der Waals surface area contributed by atoms with E-state index in [1.54, 1.807) is 0 Å². The van der Waals surface area contributed by atoms with E-state index < -0.39 is 0 Å². The number of piperidine rings is 1. The Morgan fingerprint density at radius 3 is 2.78 bits per heavy atom. The predicted octanol–water partition coefficient (Wildman–Crippen LogP) is 2.64. The molecule has 1 unspecified atom stereocenters. The van der Waals surface area contributed by atoms with Crippen LogP contribution in [-0.4, -0.2) is 36.6 Å². The van der Waals surface area contributed by atoms with Gasteiger partial charge >= 0.3 is 0 Å². The summed E-state index contributed by atoms with van der Waals surface area (Å²) in [5.41, 5.74) is 1.95. The first-order valence-corrected chi connectivity index (χ1v) is 6.68. The molecule has 1 aromatic rings. The molecule has 0 radical (unpaired) electrons. The second-order valence-electron chi connectivity index (χ2n) is 4.84. The van der Waals surface area contributed by atoms with Crippen LogP contribution in [0.25, 0.3) is 0 Å². The van der Waals surface area contributed by atoms with Crippen molar-refractivity contribution >= 4 is 5.91 Å². The van der Waals surface area contributed by atoms with Gasteiger partial charge in [-0.2, -0.15) is 0 Å². The summed E-state index contributed by atoms with van der Waals surface area (Å²) in [6.45, 7) is 6.31. The molecule has 1 amide bonds. The number of likely N-dealkylation sites (tertiary alicyclic amines) is 1. The highest BCUT2D eigenvalue weighted by Crippen LogP contribution is 2.16. The Balaban J connectivity index is 2.02. The van der Waals surface area contributed by atoms with Crippen LogP contribution in [0.15, 0.2) is 24.3 Å². The van der Waals surface area contributed by atoms with E-state index in [1.807, 2.05) is 43.0 Å². The van der Waals surface area contributed by atoms with Crippen LogP contribution in [0.1, 0.15) is 35.7 Å². The van der Waals surface area contributed by atoms with Gasteiger partial charge in [-0.15, -0.1) is 0 Å². The highest BCUT2D eigenvalue weighted by Gasteiger charge is 2.24. The van der Waals surface area contributed by atoms with Gasteiger partial charge in [0.25, 0.3) is 5.91 Å². The minimum atomic E-state index is 0.124. The van der Waals surface area contributed by atoms with Gasteiger partial charge < -0.3 is 9.64 Å². The molecule has 0 spiro atoms. The number of nitrogens with zero attached hydrogens (tertiary/aromatic N) is 1. The van der Waals surface area contributed by atoms with E-state index in [0.717, 1.165) is 38.1 Å². The first kappa shape index (κ1) is 13.1. The first-order valence-electron chi connectivity index (χ1n) is 6.68. The van der Waals surface area contributed by atoms with Crippen molar-refractivity contribution in [2.24, 2.45) is 0 Å². The molecule has 1 aromatic carbocycles. The van der Waals surface area contributed by atoms with Crippen molar-refractivity contribution in [3.63, 3.8) is 0 Å². The van der Waals surface area contributed by atoms with E-state index in [1.165, 1.54) is 5.56 Å². The van der Waals surface area contributed by atoms with Gasteiger partial charge in [0.2, 0.25) is 0 Å². The molecule has 1 aliphatic heterocycles. The van der Waals surface area contributed by atoms with E-state index in [0.29, 0.717) is 0 Å². The molecule has 0 bridgehead atoms. The number of ether oxygens (including phenoxy) is 1. The Bertz CT molecular complexity index is 397. The standard InChI is InChI=1S/C15H21NO2/c1-3-18-14-5-4-10-16(11-14)15(17)13-8-6-12(2)7-9-13/h6-9,14H,3-5,10-11H2,1-2H3. The molecular formula is C15H21NO2. The van der Waals surface area contributed by atoms with E-state index in [-0.39, 0.29) is 12.0 Å². The van der Waals surface area contributed by atoms with E-state index in [9.17, 15) is 4.79 Å². The smallest absolute Gasteiger partial charge is 0.253 e. The third kappa shape index (κ3) is 3.10. The van der Waals surface area contributed by atoms with Gasteiger partial charge in [0.05, 0.1) is 6.10 Å². The lowest BCUT2D eigenvalue weighted by Gasteiger charge is -2.32. The van der Waals surface area contributed by atoms with Gasteiger partial charge in [-0.1, -0.05) is 17.7 Å². The Hall–Kier alpha value is -1.35. The summed E-state index contributed by atoms with van der Waals surface area (Å²) in [6, 6.07) is 7.78. The van der Waals surface area contributed by atoms with Crippen LogP contribution in [0, 0.1) is 6.92 Å². The highest BCUT2D eigenvalue weighted by atomic mass is 16.5. The Morgan fingerprint density at radius 2 is 2.11 bits per heavy atom. The van der Waals surface area contributed by atoms with Crippen molar-refractivity contribution in [1.82, 2.24) is 4.90 Å². The fraction of sp³-hybridized carbons (Fsp3) is 0.533. The molecule has 1 atom stereocenters. The third-order valence-corrected chi connectivity index (χ3v) is 3.37. The monoisotopic (exact) mass is 247 g/mol. The highest BCUT2D eigenvalue weighted by molar-refractivity contribution is 5.94. The van der Waals surface area contributed by atoms with Crippen molar-refractivity contribution < 1.29 is 9.53 Å². The minimum Gasteiger partial charge on any atom is -0.377 e. The molecule has 98 valence electrons. The van der Waals surface area contributed by atoms with Crippen LogP contribution in [0.3, 0.4) is 0 Å². The number of amides is 1. The summed E-state index contributed by atoms with van der Waals surface area (Å²) in [5.74, 6) is 0.124. The zero-order valence-electron chi connectivity index (χ0n) is 11.2. The maximum atomic E-state index is 12.3. The molecule has 2 rings (SSSR count). The Kier molecular flexibility index (Phi) is 4.37. The quantitative estimate of drug-likeness (QED) is 0.821. The Labute approximate surface area is 109 Å².